The van der Waals surface area contributed by atoms with Gasteiger partial charge in [0.25, 0.3) is 5.91 Å². The highest BCUT2D eigenvalue weighted by Crippen LogP contribution is 2.47. The van der Waals surface area contributed by atoms with Crippen LogP contribution in [0.5, 0.6) is 0 Å². The molecule has 6 heteroatoms. The highest BCUT2D eigenvalue weighted by atomic mass is 16.5. The van der Waals surface area contributed by atoms with Crippen molar-refractivity contribution in [1.82, 2.24) is 10.5 Å². The van der Waals surface area contributed by atoms with Crippen LogP contribution in [-0.4, -0.2) is 37.9 Å². The number of methoxy groups -OCH3 is 1. The molecule has 1 aromatic heterocycles. The lowest BCUT2D eigenvalue weighted by Crippen LogP contribution is -2.29. The van der Waals surface area contributed by atoms with Gasteiger partial charge in [0.15, 0.2) is 5.69 Å². The molecule has 1 fully saturated rings. The molecular formula is C11H17N3O3. The first-order valence-electron chi connectivity index (χ1n) is 5.65. The van der Waals surface area contributed by atoms with E-state index in [0.717, 1.165) is 31.7 Å². The van der Waals surface area contributed by atoms with Gasteiger partial charge in [0.2, 0.25) is 0 Å². The molecule has 1 amide bonds. The second kappa shape index (κ2) is 4.85. The number of ether oxygens (including phenoxy) is 1. The van der Waals surface area contributed by atoms with E-state index in [0.29, 0.717) is 6.61 Å². The lowest BCUT2D eigenvalue weighted by atomic mass is 10.0. The Kier molecular flexibility index (Phi) is 3.44. The van der Waals surface area contributed by atoms with E-state index >= 15 is 0 Å². The predicted octanol–water partition coefficient (Wildman–Crippen LogP) is 0.0411. The fourth-order valence-electron chi connectivity index (χ4n) is 1.80. The fraction of sp³-hybridized carbons (Fsp3) is 0.636. The Hall–Kier alpha value is -1.40. The quantitative estimate of drug-likeness (QED) is 0.656. The Balaban J connectivity index is 1.93. The molecule has 0 aliphatic heterocycles. The number of nitrogens with one attached hydrogen (secondary N) is 1. The number of hydrogen-bond acceptors (Lipinski definition) is 5. The highest BCUT2D eigenvalue weighted by molar-refractivity contribution is 5.90. The van der Waals surface area contributed by atoms with Crippen molar-refractivity contribution in [2.75, 3.05) is 26.8 Å². The summed E-state index contributed by atoms with van der Waals surface area (Å²) >= 11 is 0. The van der Waals surface area contributed by atoms with Crippen molar-refractivity contribution >= 4 is 5.91 Å². The third-order valence-corrected chi connectivity index (χ3v) is 3.09. The second-order valence-corrected chi connectivity index (χ2v) is 4.39. The van der Waals surface area contributed by atoms with Crippen molar-refractivity contribution in [1.29, 1.82) is 0 Å². The lowest BCUT2D eigenvalue weighted by molar-refractivity contribution is 0.0991. The fourth-order valence-corrected chi connectivity index (χ4v) is 1.80. The van der Waals surface area contributed by atoms with Crippen LogP contribution in [0.2, 0.25) is 0 Å². The second-order valence-electron chi connectivity index (χ2n) is 4.39. The van der Waals surface area contributed by atoms with Crippen molar-refractivity contribution in [2.24, 2.45) is 5.73 Å². The van der Waals surface area contributed by atoms with E-state index < -0.39 is 5.91 Å². The summed E-state index contributed by atoms with van der Waals surface area (Å²) < 4.78 is 10.1. The summed E-state index contributed by atoms with van der Waals surface area (Å²) in [7, 11) is 1.67. The van der Waals surface area contributed by atoms with Crippen LogP contribution in [0, 0.1) is 0 Å². The first-order valence-corrected chi connectivity index (χ1v) is 5.65. The van der Waals surface area contributed by atoms with E-state index in [9.17, 15) is 4.79 Å². The molecule has 1 aliphatic carbocycles. The average Bonchev–Trinajstić information content (AvgIpc) is 2.91. The molecule has 0 spiro atoms. The molecule has 2 rings (SSSR count). The van der Waals surface area contributed by atoms with E-state index in [2.05, 4.69) is 10.5 Å². The molecule has 1 aromatic rings. The number of nitrogens with zero attached hydrogens (tertiary/aromatic N) is 1. The molecular weight excluding hydrogens is 222 g/mol. The summed E-state index contributed by atoms with van der Waals surface area (Å²) in [4.78, 5) is 10.9. The lowest BCUT2D eigenvalue weighted by Gasteiger charge is -2.11. The molecule has 1 saturated carbocycles. The number of rotatable bonds is 7. The van der Waals surface area contributed by atoms with E-state index in [-0.39, 0.29) is 11.1 Å². The van der Waals surface area contributed by atoms with Crippen molar-refractivity contribution < 1.29 is 14.1 Å². The van der Waals surface area contributed by atoms with E-state index in [1.54, 1.807) is 13.2 Å². The summed E-state index contributed by atoms with van der Waals surface area (Å²) in [5.74, 6) is 0.194. The zero-order valence-corrected chi connectivity index (χ0v) is 9.86. The van der Waals surface area contributed by atoms with Crippen molar-refractivity contribution in [3.63, 3.8) is 0 Å². The molecule has 0 atom stereocenters. The molecule has 0 bridgehead atoms. The van der Waals surface area contributed by atoms with E-state index in [1.165, 1.54) is 0 Å². The maximum atomic E-state index is 10.9. The molecule has 0 radical (unpaired) electrons. The van der Waals surface area contributed by atoms with Crippen LogP contribution in [0.25, 0.3) is 0 Å². The Morgan fingerprint density at radius 2 is 2.47 bits per heavy atom. The SMILES string of the molecule is COCCNCC1(c2cc(C(N)=O)no2)CC1. The summed E-state index contributed by atoms with van der Waals surface area (Å²) in [6.07, 6.45) is 2.08. The van der Waals surface area contributed by atoms with E-state index in [1.807, 2.05) is 0 Å². The van der Waals surface area contributed by atoms with Crippen molar-refractivity contribution in [3.05, 3.63) is 17.5 Å². The van der Waals surface area contributed by atoms with Gasteiger partial charge >= 0.3 is 0 Å². The Bertz CT molecular complexity index is 398. The van der Waals surface area contributed by atoms with Gasteiger partial charge in [-0.25, -0.2) is 0 Å². The molecule has 1 aliphatic rings. The van der Waals surface area contributed by atoms with Gasteiger partial charge < -0.3 is 20.3 Å². The van der Waals surface area contributed by atoms with Crippen LogP contribution in [0.1, 0.15) is 29.1 Å². The number of aromatic nitrogens is 1. The zero-order valence-electron chi connectivity index (χ0n) is 9.86. The van der Waals surface area contributed by atoms with Gasteiger partial charge in [0.1, 0.15) is 5.76 Å². The molecule has 1 heterocycles. The van der Waals surface area contributed by atoms with Gasteiger partial charge in [-0.05, 0) is 12.8 Å². The van der Waals surface area contributed by atoms with E-state index in [4.69, 9.17) is 15.0 Å². The Morgan fingerprint density at radius 1 is 1.71 bits per heavy atom. The standard InChI is InChI=1S/C11H17N3O3/c1-16-5-4-13-7-11(2-3-11)9-6-8(10(12)15)14-17-9/h6,13H,2-5,7H2,1H3,(H2,12,15). The maximum absolute atomic E-state index is 10.9. The van der Waals surface area contributed by atoms with Crippen LogP contribution in [0.15, 0.2) is 10.6 Å². The third-order valence-electron chi connectivity index (χ3n) is 3.09. The maximum Gasteiger partial charge on any atom is 0.270 e. The van der Waals surface area contributed by atoms with Gasteiger partial charge in [0, 0.05) is 31.7 Å². The summed E-state index contributed by atoms with van der Waals surface area (Å²) in [6, 6.07) is 1.65. The topological polar surface area (TPSA) is 90.4 Å². The van der Waals surface area contributed by atoms with Crippen LogP contribution < -0.4 is 11.1 Å². The molecule has 17 heavy (non-hydrogen) atoms. The van der Waals surface area contributed by atoms with Crippen molar-refractivity contribution in [3.8, 4) is 0 Å². The summed E-state index contributed by atoms with van der Waals surface area (Å²) in [6.45, 7) is 2.29. The summed E-state index contributed by atoms with van der Waals surface area (Å²) in [5, 5.41) is 6.96. The number of primary amides is 1. The number of amides is 1. The van der Waals surface area contributed by atoms with Gasteiger partial charge in [-0.1, -0.05) is 5.16 Å². The van der Waals surface area contributed by atoms with Crippen LogP contribution in [-0.2, 0) is 10.2 Å². The minimum atomic E-state index is -0.553. The number of carbonyl (C=O) groups is 1. The normalized spacial score (nSPS) is 17.0. The minimum Gasteiger partial charge on any atom is -0.383 e. The van der Waals surface area contributed by atoms with Gasteiger partial charge in [-0.15, -0.1) is 0 Å². The average molecular weight is 239 g/mol. The molecule has 0 aromatic carbocycles. The van der Waals surface area contributed by atoms with Crippen LogP contribution in [0.3, 0.4) is 0 Å². The summed E-state index contributed by atoms with van der Waals surface area (Å²) in [5.41, 5.74) is 5.33. The monoisotopic (exact) mass is 239 g/mol. The highest BCUT2D eigenvalue weighted by Gasteiger charge is 2.47. The molecule has 94 valence electrons. The van der Waals surface area contributed by atoms with Gasteiger partial charge in [-0.3, -0.25) is 4.79 Å². The molecule has 0 unspecified atom stereocenters. The first kappa shape index (κ1) is 12.1. The van der Waals surface area contributed by atoms with Crippen molar-refractivity contribution in [2.45, 2.75) is 18.3 Å². The minimum absolute atomic E-state index is 0.00551. The number of nitrogens with two attached hydrogens (primary N) is 1. The molecule has 0 saturated heterocycles. The zero-order chi connectivity index (χ0) is 12.3. The Morgan fingerprint density at radius 3 is 3.00 bits per heavy atom. The molecule has 6 nitrogen and oxygen atoms in total. The van der Waals surface area contributed by atoms with Crippen LogP contribution in [0.4, 0.5) is 0 Å². The number of hydrogen-bond donors (Lipinski definition) is 2. The Labute approximate surface area is 99.5 Å². The largest absolute Gasteiger partial charge is 0.383 e. The molecule has 3 N–H and O–H groups in total. The third kappa shape index (κ3) is 2.65. The smallest absolute Gasteiger partial charge is 0.270 e. The van der Waals surface area contributed by atoms with Gasteiger partial charge in [-0.2, -0.15) is 0 Å². The number of carbonyl (C=O) groups excluding carboxylic acids is 1. The predicted molar refractivity (Wildman–Crippen MR) is 60.7 cm³/mol. The van der Waals surface area contributed by atoms with Gasteiger partial charge in [0.05, 0.1) is 6.61 Å². The first-order chi connectivity index (χ1) is 8.18. The van der Waals surface area contributed by atoms with Crippen LogP contribution >= 0.6 is 0 Å².